The van der Waals surface area contributed by atoms with Gasteiger partial charge >= 0.3 is 0 Å². The standard InChI is InChI=1S/C23H27N3OS/c1-16-7-8-21(27)19(13-16)20-14-17(22-6-4-12-28-22)15-23(25-20)24-10-9-18-5-3-11-26(18)2/h4,6-8,12-15,18,27H,3,5,9-11H2,1-2H3,(H,24,25). The van der Waals surface area contributed by atoms with E-state index in [1.54, 1.807) is 17.4 Å². The molecule has 1 atom stereocenters. The molecule has 0 aliphatic carbocycles. The van der Waals surface area contributed by atoms with Crippen LogP contribution in [-0.2, 0) is 0 Å². The zero-order chi connectivity index (χ0) is 19.5. The van der Waals surface area contributed by atoms with Crippen molar-refractivity contribution < 1.29 is 5.11 Å². The van der Waals surface area contributed by atoms with Crippen molar-refractivity contribution in [2.24, 2.45) is 0 Å². The van der Waals surface area contributed by atoms with Crippen molar-refractivity contribution in [1.29, 1.82) is 0 Å². The summed E-state index contributed by atoms with van der Waals surface area (Å²) in [6, 6.07) is 14.7. The first kappa shape index (κ1) is 19.0. The van der Waals surface area contributed by atoms with E-state index in [-0.39, 0.29) is 5.75 Å². The average molecular weight is 394 g/mol. The van der Waals surface area contributed by atoms with Crippen LogP contribution in [0, 0.1) is 6.92 Å². The molecule has 2 N–H and O–H groups in total. The normalized spacial score (nSPS) is 17.1. The molecule has 1 aliphatic rings. The third-order valence-corrected chi connectivity index (χ3v) is 6.43. The van der Waals surface area contributed by atoms with Crippen molar-refractivity contribution in [3.8, 4) is 27.4 Å². The molecule has 2 aromatic heterocycles. The first-order chi connectivity index (χ1) is 13.6. The van der Waals surface area contributed by atoms with Gasteiger partial charge in [-0.25, -0.2) is 4.98 Å². The molecule has 1 aromatic carbocycles. The number of benzene rings is 1. The summed E-state index contributed by atoms with van der Waals surface area (Å²) >= 11 is 1.72. The van der Waals surface area contributed by atoms with Gasteiger partial charge in [-0.1, -0.05) is 17.7 Å². The summed E-state index contributed by atoms with van der Waals surface area (Å²) in [6.45, 7) is 4.13. The van der Waals surface area contributed by atoms with Crippen LogP contribution in [-0.4, -0.2) is 41.2 Å². The van der Waals surface area contributed by atoms with E-state index < -0.39 is 0 Å². The Hall–Kier alpha value is -2.37. The quantitative estimate of drug-likeness (QED) is 0.590. The lowest BCUT2D eigenvalue weighted by Crippen LogP contribution is -2.27. The summed E-state index contributed by atoms with van der Waals surface area (Å²) in [5.74, 6) is 1.13. The SMILES string of the molecule is Cc1ccc(O)c(-c2cc(-c3cccs3)cc(NCCC3CCCN3C)n2)c1. The fourth-order valence-electron chi connectivity index (χ4n) is 3.91. The van der Waals surface area contributed by atoms with Gasteiger partial charge in [-0.2, -0.15) is 0 Å². The predicted molar refractivity (Wildman–Crippen MR) is 118 cm³/mol. The van der Waals surface area contributed by atoms with Gasteiger partial charge in [-0.3, -0.25) is 0 Å². The summed E-state index contributed by atoms with van der Waals surface area (Å²) in [5.41, 5.74) is 3.81. The summed E-state index contributed by atoms with van der Waals surface area (Å²) in [5, 5.41) is 16.0. The fraction of sp³-hybridized carbons (Fsp3) is 0.348. The molecule has 1 aliphatic heterocycles. The van der Waals surface area contributed by atoms with E-state index in [1.807, 2.05) is 19.1 Å². The van der Waals surface area contributed by atoms with Crippen molar-refractivity contribution >= 4 is 17.2 Å². The van der Waals surface area contributed by atoms with Crippen molar-refractivity contribution in [2.75, 3.05) is 25.5 Å². The summed E-state index contributed by atoms with van der Waals surface area (Å²) in [4.78, 5) is 8.47. The van der Waals surface area contributed by atoms with E-state index >= 15 is 0 Å². The smallest absolute Gasteiger partial charge is 0.127 e. The number of hydrogen-bond acceptors (Lipinski definition) is 5. The third kappa shape index (κ3) is 4.21. The number of phenolic OH excluding ortho intramolecular Hbond substituents is 1. The number of nitrogens with zero attached hydrogens (tertiary/aromatic N) is 2. The molecule has 146 valence electrons. The Balaban J connectivity index is 1.62. The summed E-state index contributed by atoms with van der Waals surface area (Å²) in [6.07, 6.45) is 3.69. The monoisotopic (exact) mass is 393 g/mol. The van der Waals surface area contributed by atoms with Crippen LogP contribution in [0.25, 0.3) is 21.7 Å². The molecule has 1 saturated heterocycles. The first-order valence-electron chi connectivity index (χ1n) is 9.90. The lowest BCUT2D eigenvalue weighted by atomic mass is 10.0. The maximum atomic E-state index is 10.4. The van der Waals surface area contributed by atoms with E-state index in [2.05, 4.69) is 46.9 Å². The maximum Gasteiger partial charge on any atom is 0.127 e. The van der Waals surface area contributed by atoms with Gasteiger partial charge in [-0.15, -0.1) is 11.3 Å². The van der Waals surface area contributed by atoms with Crippen LogP contribution in [0.1, 0.15) is 24.8 Å². The topological polar surface area (TPSA) is 48.4 Å². The van der Waals surface area contributed by atoms with Gasteiger partial charge in [0.05, 0.1) is 5.69 Å². The Kier molecular flexibility index (Phi) is 5.64. The van der Waals surface area contributed by atoms with Crippen molar-refractivity contribution in [2.45, 2.75) is 32.2 Å². The minimum atomic E-state index is 0.264. The number of anilines is 1. The predicted octanol–water partition coefficient (Wildman–Crippen LogP) is 5.39. The highest BCUT2D eigenvalue weighted by atomic mass is 32.1. The molecule has 5 heteroatoms. The lowest BCUT2D eigenvalue weighted by molar-refractivity contribution is 0.301. The second kappa shape index (κ2) is 8.33. The van der Waals surface area contributed by atoms with E-state index in [9.17, 15) is 5.11 Å². The number of pyridine rings is 1. The molecule has 0 bridgehead atoms. The number of aromatic nitrogens is 1. The summed E-state index contributed by atoms with van der Waals surface area (Å²) < 4.78 is 0. The van der Waals surface area contributed by atoms with Crippen molar-refractivity contribution in [3.63, 3.8) is 0 Å². The van der Waals surface area contributed by atoms with Gasteiger partial charge in [-0.05, 0) is 81.1 Å². The Morgan fingerprint density at radius 2 is 2.14 bits per heavy atom. The third-order valence-electron chi connectivity index (χ3n) is 5.51. The van der Waals surface area contributed by atoms with E-state index in [0.717, 1.165) is 41.2 Å². The molecule has 4 rings (SSSR count). The van der Waals surface area contributed by atoms with Gasteiger partial charge in [0.15, 0.2) is 0 Å². The van der Waals surface area contributed by atoms with Crippen LogP contribution >= 0.6 is 11.3 Å². The molecule has 0 amide bonds. The van der Waals surface area contributed by atoms with Crippen molar-refractivity contribution in [1.82, 2.24) is 9.88 Å². The zero-order valence-electron chi connectivity index (χ0n) is 16.5. The largest absolute Gasteiger partial charge is 0.507 e. The van der Waals surface area contributed by atoms with Crippen LogP contribution in [0.3, 0.4) is 0 Å². The second-order valence-electron chi connectivity index (χ2n) is 7.62. The number of nitrogens with one attached hydrogen (secondary N) is 1. The minimum Gasteiger partial charge on any atom is -0.507 e. The molecular weight excluding hydrogens is 366 g/mol. The van der Waals surface area contributed by atoms with Gasteiger partial charge in [0.1, 0.15) is 11.6 Å². The molecule has 0 saturated carbocycles. The number of phenols is 1. The Bertz CT molecular complexity index is 939. The molecule has 4 nitrogen and oxygen atoms in total. The van der Waals surface area contributed by atoms with Gasteiger partial charge in [0, 0.05) is 23.0 Å². The minimum absolute atomic E-state index is 0.264. The molecule has 28 heavy (non-hydrogen) atoms. The average Bonchev–Trinajstić information content (AvgIpc) is 3.36. The second-order valence-corrected chi connectivity index (χ2v) is 8.56. The van der Waals surface area contributed by atoms with Gasteiger partial charge in [0.25, 0.3) is 0 Å². The van der Waals surface area contributed by atoms with E-state index in [4.69, 9.17) is 4.98 Å². The molecular formula is C23H27N3OS. The van der Waals surface area contributed by atoms with Crippen LogP contribution in [0.5, 0.6) is 5.75 Å². The molecule has 1 fully saturated rings. The molecule has 0 radical (unpaired) electrons. The number of aromatic hydroxyl groups is 1. The summed E-state index contributed by atoms with van der Waals surface area (Å²) in [7, 11) is 2.21. The first-order valence-corrected chi connectivity index (χ1v) is 10.8. The van der Waals surface area contributed by atoms with Crippen LogP contribution in [0.15, 0.2) is 47.8 Å². The highest BCUT2D eigenvalue weighted by Crippen LogP contribution is 2.34. The maximum absolute atomic E-state index is 10.4. The van der Waals surface area contributed by atoms with Crippen molar-refractivity contribution in [3.05, 3.63) is 53.4 Å². The van der Waals surface area contributed by atoms with E-state index in [1.165, 1.54) is 24.3 Å². The lowest BCUT2D eigenvalue weighted by Gasteiger charge is -2.19. The molecule has 3 aromatic rings. The fourth-order valence-corrected chi connectivity index (χ4v) is 4.62. The van der Waals surface area contributed by atoms with Crippen LogP contribution in [0.2, 0.25) is 0 Å². The Morgan fingerprint density at radius 3 is 2.89 bits per heavy atom. The number of hydrogen-bond donors (Lipinski definition) is 2. The van der Waals surface area contributed by atoms with Crippen LogP contribution < -0.4 is 5.32 Å². The zero-order valence-corrected chi connectivity index (χ0v) is 17.3. The number of rotatable bonds is 6. The van der Waals surface area contributed by atoms with Gasteiger partial charge < -0.3 is 15.3 Å². The molecule has 0 spiro atoms. The Morgan fingerprint density at radius 1 is 1.25 bits per heavy atom. The molecule has 3 heterocycles. The number of thiophene rings is 1. The Labute approximate surface area is 170 Å². The molecule has 1 unspecified atom stereocenters. The van der Waals surface area contributed by atoms with Crippen LogP contribution in [0.4, 0.5) is 5.82 Å². The van der Waals surface area contributed by atoms with Gasteiger partial charge in [0.2, 0.25) is 0 Å². The van der Waals surface area contributed by atoms with E-state index in [0.29, 0.717) is 6.04 Å². The number of aryl methyl sites for hydroxylation is 1. The highest BCUT2D eigenvalue weighted by molar-refractivity contribution is 7.13. The highest BCUT2D eigenvalue weighted by Gasteiger charge is 2.20. The number of likely N-dealkylation sites (tertiary alicyclic amines) is 1.